The van der Waals surface area contributed by atoms with Crippen LogP contribution in [0.5, 0.6) is 0 Å². The van der Waals surface area contributed by atoms with Crippen LogP contribution in [0.15, 0.2) is 36.5 Å². The number of benzene rings is 1. The molecule has 0 atom stereocenters. The van der Waals surface area contributed by atoms with E-state index in [1.165, 1.54) is 25.7 Å². The van der Waals surface area contributed by atoms with Crippen molar-refractivity contribution in [2.24, 2.45) is 0 Å². The smallest absolute Gasteiger partial charge is 0.255 e. The summed E-state index contributed by atoms with van der Waals surface area (Å²) >= 11 is 12.0. The Morgan fingerprint density at radius 2 is 1.79 bits per heavy atom. The molecule has 0 saturated carbocycles. The van der Waals surface area contributed by atoms with Gasteiger partial charge in [-0.15, -0.1) is 0 Å². The lowest BCUT2D eigenvalue weighted by Crippen LogP contribution is -2.25. The molecule has 1 saturated heterocycles. The molecular formula is C18H19Cl2N3O. The van der Waals surface area contributed by atoms with E-state index in [0.29, 0.717) is 21.3 Å². The number of carbonyl (C=O) groups is 1. The minimum atomic E-state index is -0.210. The van der Waals surface area contributed by atoms with Crippen LogP contribution in [0.1, 0.15) is 36.0 Å². The zero-order chi connectivity index (χ0) is 16.9. The van der Waals surface area contributed by atoms with Gasteiger partial charge in [0.1, 0.15) is 5.82 Å². The number of nitrogens with zero attached hydrogens (tertiary/aromatic N) is 2. The molecule has 126 valence electrons. The Labute approximate surface area is 151 Å². The van der Waals surface area contributed by atoms with Crippen LogP contribution in [0.4, 0.5) is 11.5 Å². The summed E-state index contributed by atoms with van der Waals surface area (Å²) < 4.78 is 0. The van der Waals surface area contributed by atoms with E-state index in [9.17, 15) is 4.79 Å². The summed E-state index contributed by atoms with van der Waals surface area (Å²) in [6.45, 7) is 1.97. The summed E-state index contributed by atoms with van der Waals surface area (Å²) in [7, 11) is 0. The monoisotopic (exact) mass is 363 g/mol. The van der Waals surface area contributed by atoms with Crippen molar-refractivity contribution in [1.29, 1.82) is 0 Å². The highest BCUT2D eigenvalue weighted by atomic mass is 35.5. The van der Waals surface area contributed by atoms with Gasteiger partial charge in [0, 0.05) is 29.9 Å². The molecule has 0 unspecified atom stereocenters. The third kappa shape index (κ3) is 4.19. The minimum Gasteiger partial charge on any atom is -0.357 e. The van der Waals surface area contributed by atoms with Crippen molar-refractivity contribution in [2.45, 2.75) is 25.7 Å². The van der Waals surface area contributed by atoms with Gasteiger partial charge in [0.25, 0.3) is 5.91 Å². The summed E-state index contributed by atoms with van der Waals surface area (Å²) in [5.41, 5.74) is 1.11. The van der Waals surface area contributed by atoms with Crippen LogP contribution in [-0.2, 0) is 0 Å². The maximum Gasteiger partial charge on any atom is 0.255 e. The number of pyridine rings is 1. The minimum absolute atomic E-state index is 0.210. The van der Waals surface area contributed by atoms with E-state index in [4.69, 9.17) is 23.2 Å². The van der Waals surface area contributed by atoms with Gasteiger partial charge in [-0.2, -0.15) is 0 Å². The number of amides is 1. The van der Waals surface area contributed by atoms with Gasteiger partial charge in [0.15, 0.2) is 0 Å². The summed E-state index contributed by atoms with van der Waals surface area (Å²) in [6.07, 6.45) is 6.52. The van der Waals surface area contributed by atoms with Crippen molar-refractivity contribution < 1.29 is 4.79 Å². The maximum atomic E-state index is 12.5. The zero-order valence-corrected chi connectivity index (χ0v) is 14.8. The van der Waals surface area contributed by atoms with E-state index >= 15 is 0 Å². The van der Waals surface area contributed by atoms with Crippen LogP contribution in [0.3, 0.4) is 0 Å². The van der Waals surface area contributed by atoms with Crippen LogP contribution in [0.25, 0.3) is 0 Å². The molecule has 24 heavy (non-hydrogen) atoms. The molecule has 6 heteroatoms. The Bertz CT molecular complexity index is 728. The lowest BCUT2D eigenvalue weighted by atomic mass is 10.2. The number of rotatable bonds is 3. The molecular weight excluding hydrogens is 345 g/mol. The molecule has 1 fully saturated rings. The normalized spacial score (nSPS) is 15.0. The molecule has 2 aromatic rings. The van der Waals surface area contributed by atoms with Gasteiger partial charge in [-0.3, -0.25) is 4.79 Å². The molecule has 1 N–H and O–H groups in total. The number of aromatic nitrogens is 1. The first-order valence-corrected chi connectivity index (χ1v) is 8.86. The number of halogens is 2. The first kappa shape index (κ1) is 17.1. The van der Waals surface area contributed by atoms with Gasteiger partial charge in [-0.25, -0.2) is 4.98 Å². The molecule has 1 amide bonds. The van der Waals surface area contributed by atoms with E-state index in [-0.39, 0.29) is 5.91 Å². The van der Waals surface area contributed by atoms with Crippen LogP contribution in [-0.4, -0.2) is 24.0 Å². The average Bonchev–Trinajstić information content (AvgIpc) is 2.87. The standard InChI is InChI=1S/C18H19Cl2N3O/c19-14-5-6-16(15(20)12-14)22-18(24)13-7-8-21-17(11-13)23-9-3-1-2-4-10-23/h5-8,11-12H,1-4,9-10H2,(H,22,24). The van der Waals surface area contributed by atoms with E-state index in [1.807, 2.05) is 6.07 Å². The Morgan fingerprint density at radius 3 is 2.50 bits per heavy atom. The molecule has 1 aliphatic heterocycles. The van der Waals surface area contributed by atoms with Crippen LogP contribution in [0, 0.1) is 0 Å². The summed E-state index contributed by atoms with van der Waals surface area (Å²) in [5, 5.41) is 3.77. The average molecular weight is 364 g/mol. The molecule has 1 aromatic carbocycles. The molecule has 0 bridgehead atoms. The Morgan fingerprint density at radius 1 is 1.04 bits per heavy atom. The molecule has 0 radical (unpaired) electrons. The lowest BCUT2D eigenvalue weighted by Gasteiger charge is -2.21. The van der Waals surface area contributed by atoms with Crippen molar-refractivity contribution in [3.63, 3.8) is 0 Å². The predicted octanol–water partition coefficient (Wildman–Crippen LogP) is 5.02. The molecule has 3 rings (SSSR count). The van der Waals surface area contributed by atoms with Crippen molar-refractivity contribution in [1.82, 2.24) is 4.98 Å². The second kappa shape index (κ2) is 7.86. The molecule has 4 nitrogen and oxygen atoms in total. The Hall–Kier alpha value is -1.78. The summed E-state index contributed by atoms with van der Waals surface area (Å²) in [5.74, 6) is 0.643. The van der Waals surface area contributed by atoms with Crippen molar-refractivity contribution in [2.75, 3.05) is 23.3 Å². The second-order valence-corrected chi connectivity index (χ2v) is 6.73. The molecule has 0 aliphatic carbocycles. The van der Waals surface area contributed by atoms with Gasteiger partial charge in [-0.05, 0) is 43.2 Å². The van der Waals surface area contributed by atoms with Crippen LogP contribution >= 0.6 is 23.2 Å². The van der Waals surface area contributed by atoms with Crippen LogP contribution < -0.4 is 10.2 Å². The summed E-state index contributed by atoms with van der Waals surface area (Å²) in [4.78, 5) is 19.2. The molecule has 2 heterocycles. The second-order valence-electron chi connectivity index (χ2n) is 5.88. The zero-order valence-electron chi connectivity index (χ0n) is 13.3. The van der Waals surface area contributed by atoms with Crippen molar-refractivity contribution in [3.8, 4) is 0 Å². The lowest BCUT2D eigenvalue weighted by molar-refractivity contribution is 0.102. The number of nitrogens with one attached hydrogen (secondary N) is 1. The van der Waals surface area contributed by atoms with Gasteiger partial charge in [-0.1, -0.05) is 36.0 Å². The van der Waals surface area contributed by atoms with Crippen LogP contribution in [0.2, 0.25) is 10.0 Å². The van der Waals surface area contributed by atoms with E-state index in [2.05, 4.69) is 15.2 Å². The number of hydrogen-bond donors (Lipinski definition) is 1. The van der Waals surface area contributed by atoms with Crippen molar-refractivity contribution in [3.05, 3.63) is 52.1 Å². The summed E-state index contributed by atoms with van der Waals surface area (Å²) in [6, 6.07) is 8.54. The first-order valence-electron chi connectivity index (χ1n) is 8.11. The van der Waals surface area contributed by atoms with Gasteiger partial charge in [0.05, 0.1) is 10.7 Å². The van der Waals surface area contributed by atoms with E-state index < -0.39 is 0 Å². The van der Waals surface area contributed by atoms with Crippen molar-refractivity contribution >= 4 is 40.6 Å². The SMILES string of the molecule is O=C(Nc1ccc(Cl)cc1Cl)c1ccnc(N2CCCCCC2)c1. The fourth-order valence-electron chi connectivity index (χ4n) is 2.82. The quantitative estimate of drug-likeness (QED) is 0.832. The predicted molar refractivity (Wildman–Crippen MR) is 99.3 cm³/mol. The highest BCUT2D eigenvalue weighted by Gasteiger charge is 2.14. The third-order valence-corrected chi connectivity index (χ3v) is 4.66. The Balaban J connectivity index is 1.76. The highest BCUT2D eigenvalue weighted by molar-refractivity contribution is 6.36. The van der Waals surface area contributed by atoms with Gasteiger partial charge in [0.2, 0.25) is 0 Å². The maximum absolute atomic E-state index is 12.5. The number of carbonyl (C=O) groups excluding carboxylic acids is 1. The topological polar surface area (TPSA) is 45.2 Å². The molecule has 1 aromatic heterocycles. The number of hydrogen-bond acceptors (Lipinski definition) is 3. The highest BCUT2D eigenvalue weighted by Crippen LogP contribution is 2.26. The number of anilines is 2. The fraction of sp³-hybridized carbons (Fsp3) is 0.333. The van der Waals surface area contributed by atoms with E-state index in [1.54, 1.807) is 30.5 Å². The first-order chi connectivity index (χ1) is 11.6. The van der Waals surface area contributed by atoms with E-state index in [0.717, 1.165) is 18.9 Å². The fourth-order valence-corrected chi connectivity index (χ4v) is 3.27. The van der Waals surface area contributed by atoms with Gasteiger partial charge < -0.3 is 10.2 Å². The van der Waals surface area contributed by atoms with Gasteiger partial charge >= 0.3 is 0 Å². The third-order valence-electron chi connectivity index (χ3n) is 4.12. The largest absolute Gasteiger partial charge is 0.357 e. The Kier molecular flexibility index (Phi) is 5.59. The molecule has 0 spiro atoms. The molecule has 1 aliphatic rings.